The largest absolute Gasteiger partial charge is 0.479 e. The van der Waals surface area contributed by atoms with Crippen LogP contribution in [0, 0.1) is 6.92 Å². The summed E-state index contributed by atoms with van der Waals surface area (Å²) in [5.41, 5.74) is 1.03. The first-order chi connectivity index (χ1) is 8.54. The SMILES string of the molecule is COCCNC(=O)C(C)Oc1cc(C)ccc1Cl. The summed E-state index contributed by atoms with van der Waals surface area (Å²) in [6.45, 7) is 4.56. The topological polar surface area (TPSA) is 47.6 Å². The van der Waals surface area contributed by atoms with Gasteiger partial charge in [-0.05, 0) is 31.5 Å². The van der Waals surface area contributed by atoms with Gasteiger partial charge in [0.2, 0.25) is 0 Å². The second kappa shape index (κ2) is 7.24. The number of hydrogen-bond donors (Lipinski definition) is 1. The summed E-state index contributed by atoms with van der Waals surface area (Å²) in [7, 11) is 1.58. The van der Waals surface area contributed by atoms with Gasteiger partial charge in [0.1, 0.15) is 5.75 Å². The van der Waals surface area contributed by atoms with E-state index < -0.39 is 6.10 Å². The van der Waals surface area contributed by atoms with Crippen LogP contribution in [-0.2, 0) is 9.53 Å². The highest BCUT2D eigenvalue weighted by Crippen LogP contribution is 2.26. The third-order valence-electron chi connectivity index (χ3n) is 2.37. The summed E-state index contributed by atoms with van der Waals surface area (Å²) >= 11 is 6.00. The molecule has 18 heavy (non-hydrogen) atoms. The van der Waals surface area contributed by atoms with Crippen LogP contribution in [-0.4, -0.2) is 32.3 Å². The molecule has 5 heteroatoms. The molecule has 100 valence electrons. The average Bonchev–Trinajstić information content (AvgIpc) is 2.34. The lowest BCUT2D eigenvalue weighted by Gasteiger charge is -2.15. The van der Waals surface area contributed by atoms with Gasteiger partial charge in [-0.3, -0.25) is 4.79 Å². The van der Waals surface area contributed by atoms with Crippen LogP contribution in [0.1, 0.15) is 12.5 Å². The number of rotatable bonds is 6. The number of ether oxygens (including phenoxy) is 2. The fraction of sp³-hybridized carbons (Fsp3) is 0.462. The summed E-state index contributed by atoms with van der Waals surface area (Å²) in [4.78, 5) is 11.7. The van der Waals surface area contributed by atoms with Crippen molar-refractivity contribution in [1.82, 2.24) is 5.32 Å². The van der Waals surface area contributed by atoms with Crippen molar-refractivity contribution in [1.29, 1.82) is 0 Å². The van der Waals surface area contributed by atoms with Crippen molar-refractivity contribution >= 4 is 17.5 Å². The Kier molecular flexibility index (Phi) is 5.95. The molecule has 0 fully saturated rings. The number of carbonyl (C=O) groups excluding carboxylic acids is 1. The number of halogens is 1. The van der Waals surface area contributed by atoms with Gasteiger partial charge in [-0.2, -0.15) is 0 Å². The molecular weight excluding hydrogens is 254 g/mol. The van der Waals surface area contributed by atoms with E-state index in [9.17, 15) is 4.79 Å². The molecule has 1 unspecified atom stereocenters. The fourth-order valence-corrected chi connectivity index (χ4v) is 1.53. The number of nitrogens with one attached hydrogen (secondary N) is 1. The molecule has 1 amide bonds. The van der Waals surface area contributed by atoms with Crippen LogP contribution < -0.4 is 10.1 Å². The smallest absolute Gasteiger partial charge is 0.260 e. The van der Waals surface area contributed by atoms with Crippen molar-refractivity contribution in [2.75, 3.05) is 20.3 Å². The second-order valence-corrected chi connectivity index (χ2v) is 4.38. The Balaban J connectivity index is 2.55. The van der Waals surface area contributed by atoms with Crippen LogP contribution in [0.3, 0.4) is 0 Å². The van der Waals surface area contributed by atoms with E-state index in [1.165, 1.54) is 0 Å². The molecule has 1 aromatic carbocycles. The molecule has 0 aliphatic rings. The van der Waals surface area contributed by atoms with Gasteiger partial charge >= 0.3 is 0 Å². The number of hydrogen-bond acceptors (Lipinski definition) is 3. The maximum Gasteiger partial charge on any atom is 0.260 e. The zero-order valence-corrected chi connectivity index (χ0v) is 11.6. The van der Waals surface area contributed by atoms with Crippen LogP contribution in [0.25, 0.3) is 0 Å². The predicted molar refractivity (Wildman–Crippen MR) is 71.2 cm³/mol. The van der Waals surface area contributed by atoms with E-state index in [4.69, 9.17) is 21.1 Å². The summed E-state index contributed by atoms with van der Waals surface area (Å²) in [5, 5.41) is 3.20. The van der Waals surface area contributed by atoms with Gasteiger partial charge in [0.25, 0.3) is 5.91 Å². The molecule has 1 aromatic rings. The minimum Gasteiger partial charge on any atom is -0.479 e. The quantitative estimate of drug-likeness (QED) is 0.807. The number of benzene rings is 1. The van der Waals surface area contributed by atoms with Gasteiger partial charge in [-0.25, -0.2) is 0 Å². The zero-order valence-electron chi connectivity index (χ0n) is 10.8. The lowest BCUT2D eigenvalue weighted by molar-refractivity contribution is -0.127. The minimum atomic E-state index is -0.596. The summed E-state index contributed by atoms with van der Waals surface area (Å²) < 4.78 is 10.4. The lowest BCUT2D eigenvalue weighted by atomic mass is 10.2. The minimum absolute atomic E-state index is 0.190. The molecule has 0 spiro atoms. The van der Waals surface area contributed by atoms with Gasteiger partial charge in [0, 0.05) is 13.7 Å². The Hall–Kier alpha value is -1.26. The molecule has 0 bridgehead atoms. The number of aryl methyl sites for hydroxylation is 1. The molecule has 0 aliphatic carbocycles. The first-order valence-electron chi connectivity index (χ1n) is 5.74. The summed E-state index contributed by atoms with van der Waals surface area (Å²) in [6, 6.07) is 5.45. The van der Waals surface area contributed by atoms with E-state index >= 15 is 0 Å². The van der Waals surface area contributed by atoms with E-state index in [1.54, 1.807) is 26.2 Å². The molecule has 0 heterocycles. The van der Waals surface area contributed by atoms with Crippen molar-refractivity contribution < 1.29 is 14.3 Å². The summed E-state index contributed by atoms with van der Waals surface area (Å²) in [5.74, 6) is 0.329. The van der Waals surface area contributed by atoms with Crippen LogP contribution in [0.4, 0.5) is 0 Å². The third-order valence-corrected chi connectivity index (χ3v) is 2.68. The lowest BCUT2D eigenvalue weighted by Crippen LogP contribution is -2.37. The number of amides is 1. The Morgan fingerprint density at radius 2 is 2.22 bits per heavy atom. The van der Waals surface area contributed by atoms with Crippen molar-refractivity contribution in [3.8, 4) is 5.75 Å². The van der Waals surface area contributed by atoms with Crippen molar-refractivity contribution in [2.24, 2.45) is 0 Å². The van der Waals surface area contributed by atoms with Crippen molar-refractivity contribution in [3.63, 3.8) is 0 Å². The first kappa shape index (κ1) is 14.8. The van der Waals surface area contributed by atoms with Gasteiger partial charge < -0.3 is 14.8 Å². The normalized spacial score (nSPS) is 12.0. The first-order valence-corrected chi connectivity index (χ1v) is 6.12. The van der Waals surface area contributed by atoms with Gasteiger partial charge in [-0.1, -0.05) is 17.7 Å². The highest BCUT2D eigenvalue weighted by Gasteiger charge is 2.15. The molecule has 4 nitrogen and oxygen atoms in total. The second-order valence-electron chi connectivity index (χ2n) is 3.98. The van der Waals surface area contributed by atoms with E-state index in [0.717, 1.165) is 5.56 Å². The molecule has 0 saturated carbocycles. The highest BCUT2D eigenvalue weighted by molar-refractivity contribution is 6.32. The molecule has 0 aromatic heterocycles. The molecule has 1 atom stereocenters. The number of carbonyl (C=O) groups is 1. The molecular formula is C13H18ClNO3. The van der Waals surface area contributed by atoms with E-state index in [1.807, 2.05) is 13.0 Å². The maximum atomic E-state index is 11.7. The molecule has 0 radical (unpaired) electrons. The maximum absolute atomic E-state index is 11.7. The van der Waals surface area contributed by atoms with Gasteiger partial charge in [-0.15, -0.1) is 0 Å². The van der Waals surface area contributed by atoms with Crippen LogP contribution >= 0.6 is 11.6 Å². The Morgan fingerprint density at radius 3 is 2.89 bits per heavy atom. The summed E-state index contributed by atoms with van der Waals surface area (Å²) in [6.07, 6.45) is -0.596. The molecule has 0 aliphatic heterocycles. The number of methoxy groups -OCH3 is 1. The average molecular weight is 272 g/mol. The molecule has 1 rings (SSSR count). The molecule has 0 saturated heterocycles. The Morgan fingerprint density at radius 1 is 1.50 bits per heavy atom. The standard InChI is InChI=1S/C13H18ClNO3/c1-9-4-5-11(14)12(8-9)18-10(2)13(16)15-6-7-17-3/h4-5,8,10H,6-7H2,1-3H3,(H,15,16). The van der Waals surface area contributed by atoms with Crippen LogP contribution in [0.15, 0.2) is 18.2 Å². The van der Waals surface area contributed by atoms with Crippen molar-refractivity contribution in [2.45, 2.75) is 20.0 Å². The van der Waals surface area contributed by atoms with Gasteiger partial charge in [0.15, 0.2) is 6.10 Å². The molecule has 1 N–H and O–H groups in total. The Labute approximate surface area is 112 Å². The van der Waals surface area contributed by atoms with E-state index in [-0.39, 0.29) is 5.91 Å². The van der Waals surface area contributed by atoms with Crippen molar-refractivity contribution in [3.05, 3.63) is 28.8 Å². The van der Waals surface area contributed by atoms with Crippen LogP contribution in [0.2, 0.25) is 5.02 Å². The zero-order chi connectivity index (χ0) is 13.5. The predicted octanol–water partition coefficient (Wildman–Crippen LogP) is 2.18. The Bertz CT molecular complexity index is 409. The monoisotopic (exact) mass is 271 g/mol. The third kappa shape index (κ3) is 4.55. The van der Waals surface area contributed by atoms with Gasteiger partial charge in [0.05, 0.1) is 11.6 Å². The van der Waals surface area contributed by atoms with E-state index in [2.05, 4.69) is 5.32 Å². The fourth-order valence-electron chi connectivity index (χ4n) is 1.36. The van der Waals surface area contributed by atoms with E-state index in [0.29, 0.717) is 23.9 Å². The van der Waals surface area contributed by atoms with Crippen LogP contribution in [0.5, 0.6) is 5.75 Å². The highest BCUT2D eigenvalue weighted by atomic mass is 35.5.